The minimum absolute atomic E-state index is 0.101. The molecule has 10 nitrogen and oxygen atoms in total. The van der Waals surface area contributed by atoms with Crippen molar-refractivity contribution in [2.45, 2.75) is 71.0 Å². The lowest BCUT2D eigenvalue weighted by atomic mass is 10.0. The second-order valence-electron chi connectivity index (χ2n) is 8.26. The first-order valence-corrected chi connectivity index (χ1v) is 11.0. The van der Waals surface area contributed by atoms with Gasteiger partial charge in [0.15, 0.2) is 0 Å². The van der Waals surface area contributed by atoms with Gasteiger partial charge in [0.05, 0.1) is 0 Å². The van der Waals surface area contributed by atoms with Gasteiger partial charge in [-0.25, -0.2) is 4.79 Å². The van der Waals surface area contributed by atoms with E-state index in [0.717, 1.165) is 5.56 Å². The summed E-state index contributed by atoms with van der Waals surface area (Å²) in [5, 5.41) is 17.1. The van der Waals surface area contributed by atoms with Crippen LogP contribution in [0.3, 0.4) is 0 Å². The van der Waals surface area contributed by atoms with Crippen molar-refractivity contribution in [3.8, 4) is 0 Å². The molecule has 3 atom stereocenters. The Labute approximate surface area is 193 Å². The van der Waals surface area contributed by atoms with Crippen molar-refractivity contribution in [3.05, 3.63) is 35.9 Å². The van der Waals surface area contributed by atoms with Crippen molar-refractivity contribution >= 4 is 29.6 Å². The van der Waals surface area contributed by atoms with Crippen LogP contribution < -0.4 is 21.7 Å². The summed E-state index contributed by atoms with van der Waals surface area (Å²) in [5.41, 5.74) is 5.84. The highest BCUT2D eigenvalue weighted by atomic mass is 16.4. The molecule has 0 radical (unpaired) electrons. The van der Waals surface area contributed by atoms with E-state index in [1.54, 1.807) is 37.3 Å². The highest BCUT2D eigenvalue weighted by Crippen LogP contribution is 2.09. The zero-order valence-corrected chi connectivity index (χ0v) is 19.3. The molecule has 0 heterocycles. The standard InChI is InChI=1S/C23H34N4O6/c1-4-20(29)25-17(12-14(2)3)21(30)27-18(13-15-8-6-5-7-9-15)22(31)26-16(23(32)33)10-11-19(24)28/h5-9,14,16-18H,4,10-13H2,1-3H3,(H2,24,28)(H,25,29)(H,26,31)(H,27,30)(H,32,33)/t16-,17-,18-/m0/s1. The number of nitrogens with one attached hydrogen (secondary N) is 3. The molecule has 0 saturated carbocycles. The molecule has 0 bridgehead atoms. The monoisotopic (exact) mass is 462 g/mol. The van der Waals surface area contributed by atoms with Gasteiger partial charge in [-0.2, -0.15) is 0 Å². The highest BCUT2D eigenvalue weighted by Gasteiger charge is 2.30. The Morgan fingerprint density at radius 3 is 2.00 bits per heavy atom. The van der Waals surface area contributed by atoms with Gasteiger partial charge in [0.2, 0.25) is 23.6 Å². The molecule has 4 amide bonds. The molecule has 10 heteroatoms. The molecule has 0 aliphatic carbocycles. The van der Waals surface area contributed by atoms with E-state index in [-0.39, 0.29) is 37.5 Å². The van der Waals surface area contributed by atoms with Gasteiger partial charge in [-0.1, -0.05) is 51.1 Å². The van der Waals surface area contributed by atoms with Gasteiger partial charge in [-0.3, -0.25) is 19.2 Å². The number of carbonyl (C=O) groups is 5. The van der Waals surface area contributed by atoms with Gasteiger partial charge in [-0.15, -0.1) is 0 Å². The smallest absolute Gasteiger partial charge is 0.326 e. The first kappa shape index (κ1) is 27.6. The zero-order valence-electron chi connectivity index (χ0n) is 19.3. The molecule has 1 rings (SSSR count). The van der Waals surface area contributed by atoms with Crippen molar-refractivity contribution in [1.82, 2.24) is 16.0 Å². The van der Waals surface area contributed by atoms with Crippen LogP contribution in [0.1, 0.15) is 52.0 Å². The van der Waals surface area contributed by atoms with Crippen LogP contribution in [0.15, 0.2) is 30.3 Å². The molecule has 0 spiro atoms. The molecular formula is C23H34N4O6. The molecule has 0 unspecified atom stereocenters. The van der Waals surface area contributed by atoms with Crippen LogP contribution in [-0.2, 0) is 30.4 Å². The average molecular weight is 463 g/mol. The first-order chi connectivity index (χ1) is 15.5. The van der Waals surface area contributed by atoms with Crippen LogP contribution in [0.25, 0.3) is 0 Å². The van der Waals surface area contributed by atoms with E-state index in [4.69, 9.17) is 5.73 Å². The number of hydrogen-bond donors (Lipinski definition) is 5. The predicted molar refractivity (Wildman–Crippen MR) is 122 cm³/mol. The Kier molecular flexibility index (Phi) is 11.6. The highest BCUT2D eigenvalue weighted by molar-refractivity contribution is 5.93. The van der Waals surface area contributed by atoms with E-state index in [1.165, 1.54) is 0 Å². The number of aliphatic carboxylic acids is 1. The minimum Gasteiger partial charge on any atom is -0.480 e. The van der Waals surface area contributed by atoms with Crippen molar-refractivity contribution in [2.24, 2.45) is 11.7 Å². The summed E-state index contributed by atoms with van der Waals surface area (Å²) in [4.78, 5) is 60.4. The maximum absolute atomic E-state index is 13.0. The van der Waals surface area contributed by atoms with Crippen LogP contribution >= 0.6 is 0 Å². The molecule has 0 fully saturated rings. The van der Waals surface area contributed by atoms with Gasteiger partial charge >= 0.3 is 5.97 Å². The van der Waals surface area contributed by atoms with E-state index in [0.29, 0.717) is 6.42 Å². The van der Waals surface area contributed by atoms with Crippen molar-refractivity contribution in [2.75, 3.05) is 0 Å². The second-order valence-corrected chi connectivity index (χ2v) is 8.26. The number of nitrogens with two attached hydrogens (primary N) is 1. The fourth-order valence-electron chi connectivity index (χ4n) is 3.15. The van der Waals surface area contributed by atoms with E-state index in [1.807, 2.05) is 13.8 Å². The number of hydrogen-bond acceptors (Lipinski definition) is 5. The predicted octanol–water partition coefficient (Wildman–Crippen LogP) is 0.490. The third-order valence-corrected chi connectivity index (χ3v) is 4.89. The normalized spacial score (nSPS) is 13.5. The molecule has 0 aliphatic heterocycles. The van der Waals surface area contributed by atoms with E-state index in [2.05, 4.69) is 16.0 Å². The number of amides is 4. The van der Waals surface area contributed by atoms with Crippen molar-refractivity contribution in [3.63, 3.8) is 0 Å². The van der Waals surface area contributed by atoms with Crippen molar-refractivity contribution < 1.29 is 29.1 Å². The number of carboxylic acids is 1. The van der Waals surface area contributed by atoms with Gasteiger partial charge in [0.1, 0.15) is 18.1 Å². The third-order valence-electron chi connectivity index (χ3n) is 4.89. The Morgan fingerprint density at radius 1 is 0.909 bits per heavy atom. The van der Waals surface area contributed by atoms with Crippen LogP contribution in [0.2, 0.25) is 0 Å². The minimum atomic E-state index is -1.34. The summed E-state index contributed by atoms with van der Waals surface area (Å²) in [7, 11) is 0. The first-order valence-electron chi connectivity index (χ1n) is 11.0. The van der Waals surface area contributed by atoms with Crippen LogP contribution in [0.5, 0.6) is 0 Å². The molecule has 0 saturated heterocycles. The van der Waals surface area contributed by atoms with Gasteiger partial charge in [0, 0.05) is 19.3 Å². The lowest BCUT2D eigenvalue weighted by molar-refractivity contribution is -0.142. The number of benzene rings is 1. The topological polar surface area (TPSA) is 168 Å². The van der Waals surface area contributed by atoms with Gasteiger partial charge < -0.3 is 26.8 Å². The molecular weight excluding hydrogens is 428 g/mol. The summed E-state index contributed by atoms with van der Waals surface area (Å²) >= 11 is 0. The SMILES string of the molecule is CCC(=O)N[C@@H](CC(C)C)C(=O)N[C@@H](Cc1ccccc1)C(=O)N[C@@H](CCC(N)=O)C(=O)O. The average Bonchev–Trinajstić information content (AvgIpc) is 2.75. The zero-order chi connectivity index (χ0) is 25.0. The molecule has 1 aromatic rings. The third kappa shape index (κ3) is 10.6. The molecule has 0 aromatic heterocycles. The summed E-state index contributed by atoms with van der Waals surface area (Å²) in [6.45, 7) is 5.48. The molecule has 33 heavy (non-hydrogen) atoms. The molecule has 0 aliphatic rings. The largest absolute Gasteiger partial charge is 0.480 e. The molecule has 1 aromatic carbocycles. The lowest BCUT2D eigenvalue weighted by Crippen LogP contribution is -2.56. The summed E-state index contributed by atoms with van der Waals surface area (Å²) < 4.78 is 0. The summed E-state index contributed by atoms with van der Waals surface area (Å²) in [5.74, 6) is -3.45. The Hall–Kier alpha value is -3.43. The van der Waals surface area contributed by atoms with Crippen LogP contribution in [0.4, 0.5) is 0 Å². The van der Waals surface area contributed by atoms with Crippen LogP contribution in [-0.4, -0.2) is 52.8 Å². The van der Waals surface area contributed by atoms with E-state index < -0.39 is 41.8 Å². The fourth-order valence-corrected chi connectivity index (χ4v) is 3.15. The number of carboxylic acid groups (broad SMARTS) is 1. The quantitative estimate of drug-likeness (QED) is 0.270. The Bertz CT molecular complexity index is 828. The van der Waals surface area contributed by atoms with Crippen LogP contribution in [0, 0.1) is 5.92 Å². The summed E-state index contributed by atoms with van der Waals surface area (Å²) in [6, 6.07) is 5.64. The number of carbonyl (C=O) groups excluding carboxylic acids is 4. The fraction of sp³-hybridized carbons (Fsp3) is 0.522. The van der Waals surface area contributed by atoms with Crippen molar-refractivity contribution in [1.29, 1.82) is 0 Å². The Morgan fingerprint density at radius 2 is 1.48 bits per heavy atom. The Balaban J connectivity index is 3.07. The maximum Gasteiger partial charge on any atom is 0.326 e. The second kappa shape index (κ2) is 13.9. The van der Waals surface area contributed by atoms with Gasteiger partial charge in [-0.05, 0) is 24.3 Å². The lowest BCUT2D eigenvalue weighted by Gasteiger charge is -2.25. The number of rotatable bonds is 14. The maximum atomic E-state index is 13.0. The van der Waals surface area contributed by atoms with E-state index >= 15 is 0 Å². The number of primary amides is 1. The molecule has 182 valence electrons. The van der Waals surface area contributed by atoms with E-state index in [9.17, 15) is 29.1 Å². The van der Waals surface area contributed by atoms with Gasteiger partial charge in [0.25, 0.3) is 0 Å². The summed E-state index contributed by atoms with van der Waals surface area (Å²) in [6.07, 6.45) is 0.289. The molecule has 6 N–H and O–H groups in total.